The Labute approximate surface area is 186 Å². The molecule has 0 amide bonds. The molecule has 6 atom stereocenters. The highest BCUT2D eigenvalue weighted by molar-refractivity contribution is 6.01. The third-order valence-corrected chi connectivity index (χ3v) is 8.23. The number of hydrogen-bond donors (Lipinski definition) is 0. The average Bonchev–Trinajstić information content (AvgIpc) is 3.00. The topological polar surface area (TPSA) is 86.7 Å². The summed E-state index contributed by atoms with van der Waals surface area (Å²) in [5.41, 5.74) is -1.30. The van der Waals surface area contributed by atoms with Gasteiger partial charge in [0.15, 0.2) is 18.0 Å². The summed E-state index contributed by atoms with van der Waals surface area (Å²) in [6.07, 6.45) is 7.05. The molecule has 0 aliphatic heterocycles. The SMILES string of the molecule is CC(=O)OCC(=O)[C@@]1(OC(C)=O)CCC2C3CC(F)C4=CC(=O)C=C[C@]4(C)C3=CC[C@@]21C. The molecule has 172 valence electrons. The Hall–Kier alpha value is -2.57. The first kappa shape index (κ1) is 22.6. The third kappa shape index (κ3) is 3.11. The van der Waals surface area contributed by atoms with Gasteiger partial charge in [0.2, 0.25) is 5.78 Å². The highest BCUT2D eigenvalue weighted by Crippen LogP contribution is 2.66. The van der Waals surface area contributed by atoms with Crippen molar-refractivity contribution in [1.29, 1.82) is 0 Å². The molecule has 0 aromatic heterocycles. The van der Waals surface area contributed by atoms with E-state index in [0.717, 1.165) is 5.57 Å². The standard InChI is InChI=1S/C25H29FO6/c1-14(27)31-13-22(30)25(32-15(2)28)10-7-19-17-12-21(26)20-11-16(29)5-8-23(20,3)18(17)6-9-24(19,25)4/h5-6,8,11,17,19,21H,7,9-10,12-13H2,1-4H3/t17?,19?,21?,23-,24+,25+/m1/s1. The molecule has 6 nitrogen and oxygen atoms in total. The molecule has 3 unspecified atom stereocenters. The van der Waals surface area contributed by atoms with Crippen LogP contribution in [0.15, 0.2) is 35.5 Å². The predicted octanol–water partition coefficient (Wildman–Crippen LogP) is 3.60. The molecule has 0 saturated heterocycles. The highest BCUT2D eigenvalue weighted by atomic mass is 19.1. The van der Waals surface area contributed by atoms with Crippen molar-refractivity contribution in [3.63, 3.8) is 0 Å². The minimum absolute atomic E-state index is 0.0919. The fourth-order valence-corrected chi connectivity index (χ4v) is 6.74. The summed E-state index contributed by atoms with van der Waals surface area (Å²) in [5.74, 6) is -2.04. The maximum atomic E-state index is 15.4. The van der Waals surface area contributed by atoms with E-state index in [-0.39, 0.29) is 24.0 Å². The van der Waals surface area contributed by atoms with Gasteiger partial charge >= 0.3 is 11.9 Å². The van der Waals surface area contributed by atoms with Gasteiger partial charge in [-0.1, -0.05) is 24.6 Å². The number of esters is 2. The number of carbonyl (C=O) groups excluding carboxylic acids is 4. The Kier molecular flexibility index (Phi) is 5.30. The molecular formula is C25H29FO6. The lowest BCUT2D eigenvalue weighted by molar-refractivity contribution is -0.184. The van der Waals surface area contributed by atoms with Gasteiger partial charge in [0.1, 0.15) is 6.17 Å². The molecular weight excluding hydrogens is 415 g/mol. The monoisotopic (exact) mass is 444 g/mol. The molecule has 0 radical (unpaired) electrons. The summed E-state index contributed by atoms with van der Waals surface area (Å²) in [6.45, 7) is 5.89. The van der Waals surface area contributed by atoms with E-state index in [1.807, 2.05) is 19.9 Å². The van der Waals surface area contributed by atoms with Gasteiger partial charge in [-0.15, -0.1) is 0 Å². The highest BCUT2D eigenvalue weighted by Gasteiger charge is 2.67. The maximum Gasteiger partial charge on any atom is 0.303 e. The van der Waals surface area contributed by atoms with Gasteiger partial charge in [-0.25, -0.2) is 4.39 Å². The van der Waals surface area contributed by atoms with Crippen LogP contribution < -0.4 is 0 Å². The van der Waals surface area contributed by atoms with E-state index in [2.05, 4.69) is 0 Å². The minimum atomic E-state index is -1.43. The van der Waals surface area contributed by atoms with Crippen LogP contribution in [-0.2, 0) is 28.7 Å². The zero-order valence-electron chi connectivity index (χ0n) is 18.9. The molecule has 0 heterocycles. The number of rotatable bonds is 4. The summed E-state index contributed by atoms with van der Waals surface area (Å²) in [4.78, 5) is 48.6. The average molecular weight is 444 g/mol. The number of fused-ring (bicyclic) bond motifs is 5. The summed E-state index contributed by atoms with van der Waals surface area (Å²) < 4.78 is 26.1. The van der Waals surface area contributed by atoms with Crippen LogP contribution in [0, 0.1) is 22.7 Å². The quantitative estimate of drug-likeness (QED) is 0.487. The minimum Gasteiger partial charge on any atom is -0.458 e. The molecule has 2 saturated carbocycles. The molecule has 2 fully saturated rings. The second-order valence-corrected chi connectivity index (χ2v) is 9.90. The van der Waals surface area contributed by atoms with E-state index < -0.39 is 46.9 Å². The van der Waals surface area contributed by atoms with Crippen molar-refractivity contribution in [3.8, 4) is 0 Å². The Balaban J connectivity index is 1.76. The third-order valence-electron chi connectivity index (χ3n) is 8.23. The van der Waals surface area contributed by atoms with Crippen molar-refractivity contribution in [2.24, 2.45) is 22.7 Å². The number of ether oxygens (including phenoxy) is 2. The molecule has 7 heteroatoms. The first-order valence-corrected chi connectivity index (χ1v) is 11.1. The fourth-order valence-electron chi connectivity index (χ4n) is 6.74. The first-order valence-electron chi connectivity index (χ1n) is 11.1. The van der Waals surface area contributed by atoms with Crippen molar-refractivity contribution in [2.75, 3.05) is 6.61 Å². The van der Waals surface area contributed by atoms with Crippen molar-refractivity contribution in [2.45, 2.75) is 65.2 Å². The van der Waals surface area contributed by atoms with Crippen LogP contribution in [0.1, 0.15) is 53.4 Å². The molecule has 0 N–H and O–H groups in total. The van der Waals surface area contributed by atoms with Crippen LogP contribution in [-0.4, -0.2) is 41.9 Å². The van der Waals surface area contributed by atoms with Gasteiger partial charge in [-0.2, -0.15) is 0 Å². The molecule has 0 bridgehead atoms. The Morgan fingerprint density at radius 3 is 2.53 bits per heavy atom. The van der Waals surface area contributed by atoms with Crippen molar-refractivity contribution in [1.82, 2.24) is 0 Å². The molecule has 4 rings (SSSR count). The smallest absolute Gasteiger partial charge is 0.303 e. The van der Waals surface area contributed by atoms with E-state index in [0.29, 0.717) is 24.8 Å². The lowest BCUT2D eigenvalue weighted by Crippen LogP contribution is -2.58. The van der Waals surface area contributed by atoms with E-state index >= 15 is 4.39 Å². The van der Waals surface area contributed by atoms with Crippen LogP contribution in [0.4, 0.5) is 4.39 Å². The van der Waals surface area contributed by atoms with E-state index in [9.17, 15) is 19.2 Å². The summed E-state index contributed by atoms with van der Waals surface area (Å²) in [7, 11) is 0. The number of Topliss-reactive ketones (excluding diaryl/α,β-unsaturated/α-hetero) is 1. The van der Waals surface area contributed by atoms with Gasteiger partial charge in [0.05, 0.1) is 0 Å². The summed E-state index contributed by atoms with van der Waals surface area (Å²) in [5, 5.41) is 0. The lowest BCUT2D eigenvalue weighted by atomic mass is 9.51. The number of carbonyl (C=O) groups is 4. The van der Waals surface area contributed by atoms with E-state index in [4.69, 9.17) is 9.47 Å². The van der Waals surface area contributed by atoms with Gasteiger partial charge in [-0.05, 0) is 62.2 Å². The number of ketones is 2. The van der Waals surface area contributed by atoms with Crippen molar-refractivity contribution >= 4 is 23.5 Å². The van der Waals surface area contributed by atoms with Gasteiger partial charge < -0.3 is 9.47 Å². The molecule has 4 aliphatic rings. The zero-order valence-corrected chi connectivity index (χ0v) is 18.9. The van der Waals surface area contributed by atoms with Crippen LogP contribution in [0.25, 0.3) is 0 Å². The van der Waals surface area contributed by atoms with Crippen LogP contribution >= 0.6 is 0 Å². The summed E-state index contributed by atoms with van der Waals surface area (Å²) in [6, 6.07) is 0. The van der Waals surface area contributed by atoms with Crippen LogP contribution in [0.3, 0.4) is 0 Å². The van der Waals surface area contributed by atoms with Crippen LogP contribution in [0.5, 0.6) is 0 Å². The first-order chi connectivity index (χ1) is 14.9. The Morgan fingerprint density at radius 2 is 1.88 bits per heavy atom. The molecule has 0 aromatic carbocycles. The van der Waals surface area contributed by atoms with Gasteiger partial charge in [0.25, 0.3) is 0 Å². The second-order valence-electron chi connectivity index (χ2n) is 9.90. The number of allylic oxidation sites excluding steroid dienone is 6. The largest absolute Gasteiger partial charge is 0.458 e. The fraction of sp³-hybridized carbons (Fsp3) is 0.600. The summed E-state index contributed by atoms with van der Waals surface area (Å²) >= 11 is 0. The Bertz CT molecular complexity index is 992. The van der Waals surface area contributed by atoms with Crippen molar-refractivity contribution in [3.05, 3.63) is 35.5 Å². The van der Waals surface area contributed by atoms with E-state index in [1.54, 1.807) is 6.08 Å². The normalized spacial score (nSPS) is 39.8. The molecule has 4 aliphatic carbocycles. The number of alkyl halides is 1. The van der Waals surface area contributed by atoms with Crippen LogP contribution in [0.2, 0.25) is 0 Å². The maximum absolute atomic E-state index is 15.4. The molecule has 0 spiro atoms. The predicted molar refractivity (Wildman–Crippen MR) is 113 cm³/mol. The Morgan fingerprint density at radius 1 is 1.16 bits per heavy atom. The van der Waals surface area contributed by atoms with E-state index in [1.165, 1.54) is 26.0 Å². The molecule has 32 heavy (non-hydrogen) atoms. The second kappa shape index (κ2) is 7.49. The lowest BCUT2D eigenvalue weighted by Gasteiger charge is -2.54. The number of halogens is 1. The van der Waals surface area contributed by atoms with Crippen molar-refractivity contribution < 1.29 is 33.0 Å². The number of hydrogen-bond acceptors (Lipinski definition) is 6. The zero-order chi connectivity index (χ0) is 23.5. The van der Waals surface area contributed by atoms with Gasteiger partial charge in [0, 0.05) is 24.7 Å². The molecule has 0 aromatic rings. The van der Waals surface area contributed by atoms with Gasteiger partial charge in [-0.3, -0.25) is 19.2 Å².